The molecule has 0 spiro atoms. The lowest BCUT2D eigenvalue weighted by Gasteiger charge is -2.15. The van der Waals surface area contributed by atoms with E-state index in [0.29, 0.717) is 16.8 Å². The molecule has 7 nitrogen and oxygen atoms in total. The maximum absolute atomic E-state index is 13.2. The van der Waals surface area contributed by atoms with E-state index < -0.39 is 16.7 Å². The van der Waals surface area contributed by atoms with Crippen LogP contribution in [0.5, 0.6) is 0 Å². The number of nitrogens with zero attached hydrogens (tertiary/aromatic N) is 2. The van der Waals surface area contributed by atoms with Gasteiger partial charge in [0.2, 0.25) is 5.91 Å². The Hall–Kier alpha value is -4.00. The van der Waals surface area contributed by atoms with E-state index in [-0.39, 0.29) is 17.7 Å². The Morgan fingerprint density at radius 3 is 2.53 bits per heavy atom. The van der Waals surface area contributed by atoms with Crippen molar-refractivity contribution >= 4 is 34.8 Å². The Labute approximate surface area is 172 Å². The number of nitro groups is 1. The molecule has 2 aromatic carbocycles. The highest BCUT2D eigenvalue weighted by Gasteiger charge is 2.37. The number of hydrogen-bond donors (Lipinski definition) is 1. The number of H-pyrrole nitrogens is 1. The molecule has 1 aromatic heterocycles. The maximum Gasteiger partial charge on any atom is 0.273 e. The molecule has 4 rings (SSSR count). The number of aromatic nitrogens is 1. The summed E-state index contributed by atoms with van der Waals surface area (Å²) in [6.07, 6.45) is 1.51. The molecule has 1 N–H and O–H groups in total. The van der Waals surface area contributed by atoms with Gasteiger partial charge >= 0.3 is 0 Å². The van der Waals surface area contributed by atoms with Crippen LogP contribution in [-0.4, -0.2) is 21.7 Å². The molecule has 30 heavy (non-hydrogen) atoms. The molecule has 0 saturated carbocycles. The van der Waals surface area contributed by atoms with Gasteiger partial charge in [-0.25, -0.2) is 4.90 Å². The van der Waals surface area contributed by atoms with Crippen LogP contribution < -0.4 is 4.90 Å². The molecule has 1 aliphatic rings. The summed E-state index contributed by atoms with van der Waals surface area (Å²) in [5.41, 5.74) is 4.45. The van der Waals surface area contributed by atoms with Gasteiger partial charge in [-0.1, -0.05) is 36.4 Å². The Morgan fingerprint density at radius 1 is 1.13 bits per heavy atom. The highest BCUT2D eigenvalue weighted by atomic mass is 16.6. The summed E-state index contributed by atoms with van der Waals surface area (Å²) in [6, 6.07) is 15.1. The third kappa shape index (κ3) is 3.30. The predicted octanol–water partition coefficient (Wildman–Crippen LogP) is 4.20. The normalized spacial score (nSPS) is 14.3. The number of carbonyl (C=O) groups is 2. The van der Waals surface area contributed by atoms with Gasteiger partial charge in [-0.3, -0.25) is 19.7 Å². The second-order valence-corrected chi connectivity index (χ2v) is 7.22. The lowest BCUT2D eigenvalue weighted by atomic mass is 10.1. The van der Waals surface area contributed by atoms with E-state index in [0.717, 1.165) is 21.9 Å². The lowest BCUT2D eigenvalue weighted by molar-refractivity contribution is -0.385. The van der Waals surface area contributed by atoms with Gasteiger partial charge in [0.1, 0.15) is 0 Å². The SMILES string of the molecule is Cc1cc(C)c(/C=C2\C(=O)N(C(=O)Cc3ccccc3[N+](=O)[O-])c3ccccc32)[nH]1. The van der Waals surface area contributed by atoms with Crippen molar-refractivity contribution in [2.75, 3.05) is 4.90 Å². The Balaban J connectivity index is 1.73. The first kappa shape index (κ1) is 19.3. The van der Waals surface area contributed by atoms with E-state index in [4.69, 9.17) is 0 Å². The molecule has 0 fully saturated rings. The predicted molar refractivity (Wildman–Crippen MR) is 114 cm³/mol. The van der Waals surface area contributed by atoms with Crippen molar-refractivity contribution in [3.05, 3.63) is 92.8 Å². The molecule has 7 heteroatoms. The average Bonchev–Trinajstić information content (AvgIpc) is 3.18. The molecule has 1 aliphatic heterocycles. The third-order valence-corrected chi connectivity index (χ3v) is 5.13. The number of amides is 2. The summed E-state index contributed by atoms with van der Waals surface area (Å²) >= 11 is 0. The smallest absolute Gasteiger partial charge is 0.273 e. The molecule has 2 heterocycles. The quantitative estimate of drug-likeness (QED) is 0.403. The largest absolute Gasteiger partial charge is 0.359 e. The second-order valence-electron chi connectivity index (χ2n) is 7.22. The number of aryl methyl sites for hydroxylation is 2. The fourth-order valence-electron chi connectivity index (χ4n) is 3.75. The summed E-state index contributed by atoms with van der Waals surface area (Å²) in [5, 5.41) is 11.3. The third-order valence-electron chi connectivity index (χ3n) is 5.13. The maximum atomic E-state index is 13.2. The van der Waals surface area contributed by atoms with Gasteiger partial charge in [-0.2, -0.15) is 0 Å². The van der Waals surface area contributed by atoms with Crippen LogP contribution in [0.2, 0.25) is 0 Å². The summed E-state index contributed by atoms with van der Waals surface area (Å²) in [4.78, 5) is 41.4. The number of fused-ring (bicyclic) bond motifs is 1. The van der Waals surface area contributed by atoms with Crippen LogP contribution in [0.15, 0.2) is 54.6 Å². The topological polar surface area (TPSA) is 96.3 Å². The average molecular weight is 401 g/mol. The van der Waals surface area contributed by atoms with Crippen molar-refractivity contribution in [3.8, 4) is 0 Å². The molecule has 0 atom stereocenters. The van der Waals surface area contributed by atoms with Crippen molar-refractivity contribution < 1.29 is 14.5 Å². The van der Waals surface area contributed by atoms with Crippen molar-refractivity contribution in [2.24, 2.45) is 0 Å². The summed E-state index contributed by atoms with van der Waals surface area (Å²) in [6.45, 7) is 3.88. The van der Waals surface area contributed by atoms with Gasteiger partial charge in [-0.15, -0.1) is 0 Å². The summed E-state index contributed by atoms with van der Waals surface area (Å²) < 4.78 is 0. The minimum atomic E-state index is -0.524. The summed E-state index contributed by atoms with van der Waals surface area (Å²) in [7, 11) is 0. The van der Waals surface area contributed by atoms with Gasteiger partial charge < -0.3 is 4.98 Å². The van der Waals surface area contributed by atoms with Crippen LogP contribution in [0.3, 0.4) is 0 Å². The molecular formula is C23H19N3O4. The van der Waals surface area contributed by atoms with Gasteiger partial charge in [0.05, 0.1) is 22.6 Å². The first-order valence-electron chi connectivity index (χ1n) is 9.43. The van der Waals surface area contributed by atoms with Crippen molar-refractivity contribution in [1.29, 1.82) is 0 Å². The standard InChI is InChI=1S/C23H19N3O4/c1-14-11-15(2)24-19(14)13-18-17-8-4-6-10-21(17)25(23(18)28)22(27)12-16-7-3-5-9-20(16)26(29)30/h3-11,13,24H,12H2,1-2H3/b18-13-. The van der Waals surface area contributed by atoms with E-state index in [1.807, 2.05) is 26.0 Å². The zero-order valence-corrected chi connectivity index (χ0v) is 16.5. The number of rotatable bonds is 4. The van der Waals surface area contributed by atoms with Crippen LogP contribution >= 0.6 is 0 Å². The van der Waals surface area contributed by atoms with Crippen molar-refractivity contribution in [3.63, 3.8) is 0 Å². The van der Waals surface area contributed by atoms with Crippen LogP contribution in [0.1, 0.15) is 28.1 Å². The first-order valence-corrected chi connectivity index (χ1v) is 9.43. The fraction of sp³-hybridized carbons (Fsp3) is 0.130. The zero-order chi connectivity index (χ0) is 21.4. The molecule has 150 valence electrons. The number of anilines is 1. The molecule has 3 aromatic rings. The lowest BCUT2D eigenvalue weighted by Crippen LogP contribution is -2.34. The van der Waals surface area contributed by atoms with Crippen LogP contribution in [0.25, 0.3) is 11.6 Å². The van der Waals surface area contributed by atoms with Gasteiger partial charge in [-0.05, 0) is 37.6 Å². The van der Waals surface area contributed by atoms with Crippen molar-refractivity contribution in [1.82, 2.24) is 4.98 Å². The molecule has 0 aliphatic carbocycles. The fourth-order valence-corrected chi connectivity index (χ4v) is 3.75. The summed E-state index contributed by atoms with van der Waals surface area (Å²) in [5.74, 6) is -0.948. The highest BCUT2D eigenvalue weighted by Crippen LogP contribution is 2.38. The highest BCUT2D eigenvalue weighted by molar-refractivity contribution is 6.42. The number of carbonyl (C=O) groups excluding carboxylic acids is 2. The zero-order valence-electron chi connectivity index (χ0n) is 16.5. The molecule has 0 unspecified atom stereocenters. The number of hydrogen-bond acceptors (Lipinski definition) is 4. The molecule has 0 radical (unpaired) electrons. The van der Waals surface area contributed by atoms with E-state index in [2.05, 4.69) is 4.98 Å². The molecule has 2 amide bonds. The van der Waals surface area contributed by atoms with Gasteiger partial charge in [0.15, 0.2) is 0 Å². The molecule has 0 saturated heterocycles. The number of para-hydroxylation sites is 2. The minimum Gasteiger partial charge on any atom is -0.359 e. The number of benzene rings is 2. The first-order chi connectivity index (χ1) is 14.4. The molecule has 0 bridgehead atoms. The van der Waals surface area contributed by atoms with Gasteiger partial charge in [0, 0.05) is 28.6 Å². The van der Waals surface area contributed by atoms with E-state index in [1.54, 1.807) is 36.4 Å². The number of nitrogens with one attached hydrogen (secondary N) is 1. The Morgan fingerprint density at radius 2 is 1.83 bits per heavy atom. The van der Waals surface area contributed by atoms with Crippen LogP contribution in [0, 0.1) is 24.0 Å². The van der Waals surface area contributed by atoms with Crippen LogP contribution in [-0.2, 0) is 16.0 Å². The van der Waals surface area contributed by atoms with Crippen molar-refractivity contribution in [2.45, 2.75) is 20.3 Å². The Kier molecular flexibility index (Phi) is 4.79. The number of imide groups is 1. The minimum absolute atomic E-state index is 0.140. The number of nitro benzene ring substituents is 1. The van der Waals surface area contributed by atoms with E-state index in [1.165, 1.54) is 12.1 Å². The van der Waals surface area contributed by atoms with E-state index >= 15 is 0 Å². The Bertz CT molecular complexity index is 1220. The second kappa shape index (κ2) is 7.44. The number of aromatic amines is 1. The monoisotopic (exact) mass is 401 g/mol. The molecular weight excluding hydrogens is 382 g/mol. The van der Waals surface area contributed by atoms with Crippen LogP contribution in [0.4, 0.5) is 11.4 Å². The van der Waals surface area contributed by atoms with Gasteiger partial charge in [0.25, 0.3) is 11.6 Å². The van der Waals surface area contributed by atoms with E-state index in [9.17, 15) is 19.7 Å².